The minimum Gasteiger partial charge on any atom is -0.506 e. The number of thioether (sulfide) groups is 1. The van der Waals surface area contributed by atoms with E-state index < -0.39 is 10.5 Å². The Hall–Kier alpha value is -3.39. The van der Waals surface area contributed by atoms with Gasteiger partial charge in [0.2, 0.25) is 0 Å². The Morgan fingerprint density at radius 1 is 1.18 bits per heavy atom. The molecule has 140 valence electrons. The fraction of sp³-hybridized carbons (Fsp3) is 0.100. The number of aromatic nitrogens is 1. The Morgan fingerprint density at radius 3 is 2.64 bits per heavy atom. The molecule has 7 nitrogen and oxygen atoms in total. The van der Waals surface area contributed by atoms with Gasteiger partial charge in [0.1, 0.15) is 11.3 Å². The van der Waals surface area contributed by atoms with Gasteiger partial charge in [0.05, 0.1) is 21.5 Å². The number of aliphatic imine (C=N–C) groups is 1. The normalized spacial score (nSPS) is 13.5. The molecule has 0 fully saturated rings. The first kappa shape index (κ1) is 18.0. The Bertz CT molecular complexity index is 1240. The summed E-state index contributed by atoms with van der Waals surface area (Å²) in [7, 11) is 0. The summed E-state index contributed by atoms with van der Waals surface area (Å²) in [6.45, 7) is 2.15. The minimum atomic E-state index is -0.581. The molecule has 0 radical (unpaired) electrons. The first-order chi connectivity index (χ1) is 13.5. The fourth-order valence-electron chi connectivity index (χ4n) is 3.23. The molecule has 0 aliphatic carbocycles. The molecule has 2 heterocycles. The predicted octanol–water partition coefficient (Wildman–Crippen LogP) is 4.07. The number of benzene rings is 2. The SMILES string of the molecule is CCn1c(=O)c(C2=Nc3ccccc3SC=C2[N+](=O)[O-])c(O)c2ccccc21. The summed E-state index contributed by atoms with van der Waals surface area (Å²) in [6, 6.07) is 14.0. The summed E-state index contributed by atoms with van der Waals surface area (Å²) in [4.78, 5) is 29.5. The van der Waals surface area contributed by atoms with Crippen LogP contribution in [0, 0.1) is 10.1 Å². The third-order valence-electron chi connectivity index (χ3n) is 4.53. The van der Waals surface area contributed by atoms with Crippen molar-refractivity contribution in [2.75, 3.05) is 0 Å². The van der Waals surface area contributed by atoms with Crippen LogP contribution in [0.4, 0.5) is 5.69 Å². The molecule has 0 amide bonds. The highest BCUT2D eigenvalue weighted by Gasteiger charge is 2.31. The standard InChI is InChI=1S/C20H15N3O4S/c1-2-22-14-9-5-3-7-12(14)19(24)17(20(22)25)18-15(23(26)27)11-28-16-10-6-4-8-13(16)21-18/h3-11,24H,2H2,1H3. The number of allylic oxidation sites excluding steroid dienone is 1. The Labute approximate surface area is 163 Å². The van der Waals surface area contributed by atoms with E-state index in [1.165, 1.54) is 9.98 Å². The Morgan fingerprint density at radius 2 is 1.89 bits per heavy atom. The zero-order chi connectivity index (χ0) is 19.8. The molecule has 1 aliphatic rings. The molecule has 0 saturated heterocycles. The monoisotopic (exact) mass is 393 g/mol. The quantitative estimate of drug-likeness (QED) is 0.534. The van der Waals surface area contributed by atoms with Crippen LogP contribution in [-0.4, -0.2) is 20.3 Å². The van der Waals surface area contributed by atoms with Gasteiger partial charge in [-0.2, -0.15) is 0 Å². The number of fused-ring (bicyclic) bond motifs is 2. The van der Waals surface area contributed by atoms with Crippen molar-refractivity contribution in [2.45, 2.75) is 18.4 Å². The second-order valence-electron chi connectivity index (χ2n) is 6.10. The van der Waals surface area contributed by atoms with Crippen LogP contribution in [0.1, 0.15) is 12.5 Å². The van der Waals surface area contributed by atoms with Crippen LogP contribution >= 0.6 is 11.8 Å². The second-order valence-corrected chi connectivity index (χ2v) is 7.01. The molecule has 0 atom stereocenters. The second kappa shape index (κ2) is 6.97. The van der Waals surface area contributed by atoms with Gasteiger partial charge in [0, 0.05) is 16.8 Å². The Kier molecular flexibility index (Phi) is 4.48. The number of aromatic hydroxyl groups is 1. The summed E-state index contributed by atoms with van der Waals surface area (Å²) in [5.41, 5.74) is -0.0858. The van der Waals surface area contributed by atoms with Crippen molar-refractivity contribution in [3.8, 4) is 5.75 Å². The molecule has 1 N–H and O–H groups in total. The zero-order valence-electron chi connectivity index (χ0n) is 14.8. The van der Waals surface area contributed by atoms with Crippen molar-refractivity contribution in [3.05, 3.63) is 85.7 Å². The van der Waals surface area contributed by atoms with Crippen LogP contribution in [0.25, 0.3) is 10.9 Å². The van der Waals surface area contributed by atoms with Crippen molar-refractivity contribution < 1.29 is 10.0 Å². The zero-order valence-corrected chi connectivity index (χ0v) is 15.6. The molecule has 4 rings (SSSR count). The lowest BCUT2D eigenvalue weighted by Crippen LogP contribution is -2.28. The van der Waals surface area contributed by atoms with E-state index in [1.807, 2.05) is 6.07 Å². The molecule has 1 aliphatic heterocycles. The number of nitro groups is 1. The van der Waals surface area contributed by atoms with Gasteiger partial charge in [-0.1, -0.05) is 36.0 Å². The van der Waals surface area contributed by atoms with Gasteiger partial charge in [-0.15, -0.1) is 0 Å². The van der Waals surface area contributed by atoms with Crippen molar-refractivity contribution in [2.24, 2.45) is 4.99 Å². The number of para-hydroxylation sites is 2. The number of nitrogens with zero attached hydrogens (tertiary/aromatic N) is 3. The van der Waals surface area contributed by atoms with E-state index in [4.69, 9.17) is 0 Å². The molecule has 3 aromatic rings. The minimum absolute atomic E-state index is 0.141. The van der Waals surface area contributed by atoms with Crippen LogP contribution in [0.15, 0.2) is 74.3 Å². The van der Waals surface area contributed by atoms with E-state index in [9.17, 15) is 20.0 Å². The molecule has 1 aromatic heterocycles. The van der Waals surface area contributed by atoms with E-state index in [-0.39, 0.29) is 22.7 Å². The summed E-state index contributed by atoms with van der Waals surface area (Å²) in [6.07, 6.45) is 0. The lowest BCUT2D eigenvalue weighted by molar-refractivity contribution is -0.414. The van der Waals surface area contributed by atoms with E-state index in [2.05, 4.69) is 4.99 Å². The van der Waals surface area contributed by atoms with Crippen molar-refractivity contribution in [1.29, 1.82) is 0 Å². The van der Waals surface area contributed by atoms with Gasteiger partial charge in [-0.25, -0.2) is 4.99 Å². The number of aryl methyl sites for hydroxylation is 1. The summed E-state index contributed by atoms with van der Waals surface area (Å²) in [5, 5.41) is 24.4. The van der Waals surface area contributed by atoms with Crippen LogP contribution in [0.5, 0.6) is 5.75 Å². The molecule has 2 aromatic carbocycles. The van der Waals surface area contributed by atoms with Crippen LogP contribution in [0.2, 0.25) is 0 Å². The molecule has 0 unspecified atom stereocenters. The summed E-state index contributed by atoms with van der Waals surface area (Å²) < 4.78 is 1.48. The maximum Gasteiger partial charge on any atom is 0.302 e. The highest BCUT2D eigenvalue weighted by Crippen LogP contribution is 2.37. The average Bonchev–Trinajstić information content (AvgIpc) is 2.88. The van der Waals surface area contributed by atoms with Gasteiger partial charge in [0.25, 0.3) is 5.56 Å². The van der Waals surface area contributed by atoms with Gasteiger partial charge in [-0.05, 0) is 31.2 Å². The van der Waals surface area contributed by atoms with Gasteiger partial charge in [-0.3, -0.25) is 14.9 Å². The topological polar surface area (TPSA) is 97.7 Å². The van der Waals surface area contributed by atoms with Crippen LogP contribution in [0.3, 0.4) is 0 Å². The molecular formula is C20H15N3O4S. The smallest absolute Gasteiger partial charge is 0.302 e. The van der Waals surface area contributed by atoms with E-state index in [0.29, 0.717) is 23.1 Å². The Balaban J connectivity index is 2.12. The highest BCUT2D eigenvalue weighted by molar-refractivity contribution is 8.02. The average molecular weight is 393 g/mol. The molecule has 8 heteroatoms. The number of rotatable bonds is 3. The maximum atomic E-state index is 13.2. The van der Waals surface area contributed by atoms with Crippen molar-refractivity contribution in [1.82, 2.24) is 4.57 Å². The van der Waals surface area contributed by atoms with E-state index in [0.717, 1.165) is 16.7 Å². The van der Waals surface area contributed by atoms with Crippen LogP contribution < -0.4 is 5.56 Å². The third kappa shape index (κ3) is 2.78. The number of hydrogen-bond acceptors (Lipinski definition) is 6. The van der Waals surface area contributed by atoms with Crippen molar-refractivity contribution in [3.63, 3.8) is 0 Å². The molecule has 0 spiro atoms. The lowest BCUT2D eigenvalue weighted by Gasteiger charge is -2.14. The summed E-state index contributed by atoms with van der Waals surface area (Å²) >= 11 is 1.16. The fourth-order valence-corrected chi connectivity index (χ4v) is 4.06. The molecule has 0 bridgehead atoms. The third-order valence-corrected chi connectivity index (χ3v) is 5.47. The largest absolute Gasteiger partial charge is 0.506 e. The van der Waals surface area contributed by atoms with E-state index in [1.54, 1.807) is 49.4 Å². The summed E-state index contributed by atoms with van der Waals surface area (Å²) in [5.74, 6) is -0.304. The first-order valence-electron chi connectivity index (χ1n) is 8.57. The van der Waals surface area contributed by atoms with Gasteiger partial charge >= 0.3 is 5.70 Å². The maximum absolute atomic E-state index is 13.2. The molecule has 28 heavy (non-hydrogen) atoms. The molecular weight excluding hydrogens is 378 g/mol. The first-order valence-corrected chi connectivity index (χ1v) is 9.45. The van der Waals surface area contributed by atoms with Crippen molar-refractivity contribution >= 4 is 34.1 Å². The number of pyridine rings is 1. The van der Waals surface area contributed by atoms with Crippen LogP contribution in [-0.2, 0) is 6.54 Å². The highest BCUT2D eigenvalue weighted by atomic mass is 32.2. The molecule has 0 saturated carbocycles. The number of hydrogen-bond donors (Lipinski definition) is 1. The lowest BCUT2D eigenvalue weighted by atomic mass is 10.0. The predicted molar refractivity (Wildman–Crippen MR) is 109 cm³/mol. The van der Waals surface area contributed by atoms with Gasteiger partial charge in [0.15, 0.2) is 5.71 Å². The van der Waals surface area contributed by atoms with E-state index >= 15 is 0 Å². The van der Waals surface area contributed by atoms with Gasteiger partial charge < -0.3 is 9.67 Å².